The lowest BCUT2D eigenvalue weighted by atomic mass is 9.97. The van der Waals surface area contributed by atoms with Gasteiger partial charge in [-0.1, -0.05) is 5.16 Å². The Labute approximate surface area is 139 Å². The van der Waals surface area contributed by atoms with Crippen LogP contribution in [0.15, 0.2) is 23.0 Å². The molecule has 1 fully saturated rings. The third-order valence-corrected chi connectivity index (χ3v) is 4.22. The van der Waals surface area contributed by atoms with E-state index in [-0.39, 0.29) is 17.7 Å². The third kappa shape index (κ3) is 3.77. The predicted molar refractivity (Wildman–Crippen MR) is 82.6 cm³/mol. The zero-order valence-corrected chi connectivity index (χ0v) is 13.8. The Balaban J connectivity index is 1.72. The number of hydrogen-bond donors (Lipinski definition) is 0. The fraction of sp³-hybridized carbons (Fsp3) is 0.562. The first-order valence-corrected chi connectivity index (χ1v) is 7.82. The second kappa shape index (κ2) is 7.78. The summed E-state index contributed by atoms with van der Waals surface area (Å²) in [5, 5.41) is 3.93. The lowest BCUT2D eigenvalue weighted by Gasteiger charge is -2.15. The largest absolute Gasteiger partial charge is 0.384 e. The average molecular weight is 336 g/mol. The highest BCUT2D eigenvalue weighted by molar-refractivity contribution is 5.13. The van der Waals surface area contributed by atoms with Gasteiger partial charge in [-0.15, -0.1) is 0 Å². The molecule has 8 heteroatoms. The summed E-state index contributed by atoms with van der Waals surface area (Å²) in [4.78, 5) is 10.4. The topological polar surface area (TPSA) is 73.5 Å². The maximum absolute atomic E-state index is 13.8. The molecule has 130 valence electrons. The third-order valence-electron chi connectivity index (χ3n) is 4.22. The van der Waals surface area contributed by atoms with E-state index in [2.05, 4.69) is 20.0 Å². The molecule has 0 N–H and O–H groups in total. The fourth-order valence-electron chi connectivity index (χ4n) is 3.13. The van der Waals surface area contributed by atoms with Gasteiger partial charge in [0.25, 0.3) is 0 Å². The summed E-state index contributed by atoms with van der Waals surface area (Å²) >= 11 is 0. The van der Waals surface area contributed by atoms with Crippen molar-refractivity contribution in [3.8, 4) is 0 Å². The van der Waals surface area contributed by atoms with Crippen LogP contribution in [0.2, 0.25) is 0 Å². The first-order valence-electron chi connectivity index (χ1n) is 7.82. The summed E-state index contributed by atoms with van der Waals surface area (Å²) in [6.45, 7) is 2.91. The maximum atomic E-state index is 13.8. The van der Waals surface area contributed by atoms with Crippen LogP contribution in [-0.4, -0.2) is 53.9 Å². The molecule has 3 heterocycles. The minimum absolute atomic E-state index is 0.0629. The normalized spacial score (nSPS) is 21.5. The van der Waals surface area contributed by atoms with E-state index in [4.69, 9.17) is 14.0 Å². The van der Waals surface area contributed by atoms with Crippen LogP contribution in [0.5, 0.6) is 0 Å². The molecular formula is C16H21FN4O3. The molecule has 1 aliphatic rings. The van der Waals surface area contributed by atoms with Crippen molar-refractivity contribution in [2.24, 2.45) is 5.92 Å². The Hall–Kier alpha value is -1.90. The van der Waals surface area contributed by atoms with Crippen LogP contribution in [0.3, 0.4) is 0 Å². The maximum Gasteiger partial charge on any atom is 0.231 e. The molecule has 3 rings (SSSR count). The summed E-state index contributed by atoms with van der Waals surface area (Å²) in [5.74, 6) is 1.11. The predicted octanol–water partition coefficient (Wildman–Crippen LogP) is 1.61. The van der Waals surface area contributed by atoms with E-state index in [0.717, 1.165) is 6.54 Å². The molecule has 0 aliphatic carbocycles. The van der Waals surface area contributed by atoms with Crippen molar-refractivity contribution in [1.29, 1.82) is 0 Å². The van der Waals surface area contributed by atoms with Crippen molar-refractivity contribution >= 4 is 0 Å². The molecule has 0 amide bonds. The molecule has 0 radical (unpaired) electrons. The highest BCUT2D eigenvalue weighted by Crippen LogP contribution is 2.33. The van der Waals surface area contributed by atoms with Crippen molar-refractivity contribution in [2.45, 2.75) is 19.1 Å². The monoisotopic (exact) mass is 336 g/mol. The average Bonchev–Trinajstić information content (AvgIpc) is 3.17. The van der Waals surface area contributed by atoms with Gasteiger partial charge in [-0.25, -0.2) is 4.39 Å². The molecule has 0 bridgehead atoms. The van der Waals surface area contributed by atoms with Crippen LogP contribution in [-0.2, 0) is 22.6 Å². The molecule has 0 saturated carbocycles. The first kappa shape index (κ1) is 16.9. The van der Waals surface area contributed by atoms with Crippen molar-refractivity contribution < 1.29 is 18.4 Å². The summed E-state index contributed by atoms with van der Waals surface area (Å²) in [7, 11) is 3.26. The Bertz CT molecular complexity index is 666. The van der Waals surface area contributed by atoms with E-state index in [1.807, 2.05) is 0 Å². The molecule has 2 aromatic rings. The number of halogens is 1. The van der Waals surface area contributed by atoms with E-state index in [0.29, 0.717) is 43.6 Å². The SMILES string of the molecule is COCc1noc([C@@H]2CN(Cc3ccncc3F)C[C@H]2COC)n1. The lowest BCUT2D eigenvalue weighted by Crippen LogP contribution is -2.21. The number of ether oxygens (including phenoxy) is 2. The van der Waals surface area contributed by atoms with Gasteiger partial charge < -0.3 is 14.0 Å². The Morgan fingerprint density at radius 2 is 2.21 bits per heavy atom. The second-order valence-corrected chi connectivity index (χ2v) is 5.96. The number of methoxy groups -OCH3 is 2. The van der Waals surface area contributed by atoms with Gasteiger partial charge >= 0.3 is 0 Å². The number of rotatable bonds is 7. The summed E-state index contributed by atoms with van der Waals surface area (Å²) in [6.07, 6.45) is 2.85. The molecule has 7 nitrogen and oxygen atoms in total. The van der Waals surface area contributed by atoms with Gasteiger partial charge in [0.1, 0.15) is 12.4 Å². The number of pyridine rings is 1. The molecule has 2 atom stereocenters. The zero-order valence-electron chi connectivity index (χ0n) is 13.8. The van der Waals surface area contributed by atoms with Crippen LogP contribution < -0.4 is 0 Å². The van der Waals surface area contributed by atoms with Crippen molar-refractivity contribution in [3.05, 3.63) is 41.6 Å². The molecule has 0 spiro atoms. The minimum Gasteiger partial charge on any atom is -0.384 e. The van der Waals surface area contributed by atoms with Gasteiger partial charge in [-0.05, 0) is 6.07 Å². The van der Waals surface area contributed by atoms with Crippen molar-refractivity contribution in [3.63, 3.8) is 0 Å². The smallest absolute Gasteiger partial charge is 0.231 e. The molecule has 24 heavy (non-hydrogen) atoms. The first-order chi connectivity index (χ1) is 11.7. The minimum atomic E-state index is -0.288. The van der Waals surface area contributed by atoms with Crippen LogP contribution in [0.4, 0.5) is 4.39 Å². The van der Waals surface area contributed by atoms with Gasteiger partial charge in [0.05, 0.1) is 18.7 Å². The quantitative estimate of drug-likeness (QED) is 0.760. The molecule has 2 aromatic heterocycles. The molecule has 0 aromatic carbocycles. The number of hydrogen-bond acceptors (Lipinski definition) is 7. The van der Waals surface area contributed by atoms with Crippen LogP contribution in [0.25, 0.3) is 0 Å². The number of aromatic nitrogens is 3. The van der Waals surface area contributed by atoms with E-state index in [1.54, 1.807) is 26.5 Å². The lowest BCUT2D eigenvalue weighted by molar-refractivity contribution is 0.142. The molecule has 1 aliphatic heterocycles. The second-order valence-electron chi connectivity index (χ2n) is 5.96. The molecule has 0 unspecified atom stereocenters. The van der Waals surface area contributed by atoms with E-state index in [9.17, 15) is 4.39 Å². The van der Waals surface area contributed by atoms with Gasteiger partial charge in [0.15, 0.2) is 5.82 Å². The van der Waals surface area contributed by atoms with Crippen LogP contribution in [0, 0.1) is 11.7 Å². The van der Waals surface area contributed by atoms with Crippen LogP contribution >= 0.6 is 0 Å². The van der Waals surface area contributed by atoms with Gasteiger partial charge in [0, 0.05) is 51.5 Å². The van der Waals surface area contributed by atoms with Crippen LogP contribution in [0.1, 0.15) is 23.2 Å². The van der Waals surface area contributed by atoms with Crippen molar-refractivity contribution in [1.82, 2.24) is 20.0 Å². The summed E-state index contributed by atoms with van der Waals surface area (Å²) in [6, 6.07) is 1.71. The van der Waals surface area contributed by atoms with E-state index < -0.39 is 0 Å². The Morgan fingerprint density at radius 1 is 1.33 bits per heavy atom. The van der Waals surface area contributed by atoms with Gasteiger partial charge in [0.2, 0.25) is 5.89 Å². The number of nitrogens with zero attached hydrogens (tertiary/aromatic N) is 4. The highest BCUT2D eigenvalue weighted by atomic mass is 19.1. The van der Waals surface area contributed by atoms with E-state index >= 15 is 0 Å². The fourth-order valence-corrected chi connectivity index (χ4v) is 3.13. The summed E-state index contributed by atoms with van der Waals surface area (Å²) in [5.41, 5.74) is 0.632. The van der Waals surface area contributed by atoms with E-state index in [1.165, 1.54) is 6.20 Å². The van der Waals surface area contributed by atoms with Crippen molar-refractivity contribution in [2.75, 3.05) is 33.9 Å². The highest BCUT2D eigenvalue weighted by Gasteiger charge is 2.37. The Morgan fingerprint density at radius 3 is 2.96 bits per heavy atom. The molecule has 1 saturated heterocycles. The Kier molecular flexibility index (Phi) is 5.49. The zero-order chi connectivity index (χ0) is 16.9. The van der Waals surface area contributed by atoms with Gasteiger partial charge in [-0.2, -0.15) is 4.98 Å². The summed E-state index contributed by atoms with van der Waals surface area (Å²) < 4.78 is 29.6. The standard InChI is InChI=1S/C16H21FN4O3/c1-22-9-12-7-21(6-11-3-4-18-5-14(11)17)8-13(12)16-19-15(10-23-2)20-24-16/h3-5,12-13H,6-10H2,1-2H3/t12-,13+/m0/s1. The molecular weight excluding hydrogens is 315 g/mol. The van der Waals surface area contributed by atoms with Gasteiger partial charge in [-0.3, -0.25) is 9.88 Å². The number of likely N-dealkylation sites (tertiary alicyclic amines) is 1.